The first kappa shape index (κ1) is 7.80. The van der Waals surface area contributed by atoms with E-state index in [1.165, 1.54) is 0 Å². The summed E-state index contributed by atoms with van der Waals surface area (Å²) in [6.07, 6.45) is 3.73. The molecule has 0 aromatic carbocycles. The summed E-state index contributed by atoms with van der Waals surface area (Å²) in [5.74, 6) is 0.0364. The van der Waals surface area contributed by atoms with Gasteiger partial charge >= 0.3 is 0 Å². The predicted octanol–water partition coefficient (Wildman–Crippen LogP) is 1.35. The minimum atomic E-state index is 0.0364. The second-order valence-electron chi connectivity index (χ2n) is 2.77. The molecule has 1 heterocycles. The molecule has 0 N–H and O–H groups in total. The molecular weight excluding hydrogens is 138 g/mol. The molecule has 0 aliphatic heterocycles. The van der Waals surface area contributed by atoms with Gasteiger partial charge < -0.3 is 0 Å². The molecule has 0 saturated heterocycles. The molecule has 1 aromatic heterocycles. The van der Waals surface area contributed by atoms with Crippen molar-refractivity contribution in [2.24, 2.45) is 5.92 Å². The summed E-state index contributed by atoms with van der Waals surface area (Å²) in [7, 11) is 0. The summed E-state index contributed by atoms with van der Waals surface area (Å²) in [6.45, 7) is 4.56. The van der Waals surface area contributed by atoms with Crippen LogP contribution in [0.5, 0.6) is 0 Å². The summed E-state index contributed by atoms with van der Waals surface area (Å²) in [6, 6.07) is 2.16. The molecule has 0 fully saturated rings. The lowest BCUT2D eigenvalue weighted by molar-refractivity contribution is 0.528. The molecular formula is C8H11N3. The Balaban J connectivity index is 2.59. The van der Waals surface area contributed by atoms with E-state index in [1.807, 2.05) is 20.0 Å². The van der Waals surface area contributed by atoms with Crippen molar-refractivity contribution in [3.05, 3.63) is 18.0 Å². The Morgan fingerprint density at radius 3 is 3.00 bits per heavy atom. The van der Waals surface area contributed by atoms with Crippen molar-refractivity contribution in [1.29, 1.82) is 5.26 Å². The Kier molecular flexibility index (Phi) is 2.27. The van der Waals surface area contributed by atoms with Gasteiger partial charge in [0.15, 0.2) is 0 Å². The number of aromatic nitrogens is 2. The van der Waals surface area contributed by atoms with E-state index in [2.05, 4.69) is 11.2 Å². The highest BCUT2D eigenvalue weighted by molar-refractivity contribution is 4.99. The van der Waals surface area contributed by atoms with E-state index in [9.17, 15) is 0 Å². The van der Waals surface area contributed by atoms with Crippen LogP contribution in [-0.4, -0.2) is 9.78 Å². The first-order chi connectivity index (χ1) is 5.22. The summed E-state index contributed by atoms with van der Waals surface area (Å²) < 4.78 is 1.79. The molecule has 0 spiro atoms. The topological polar surface area (TPSA) is 41.6 Å². The van der Waals surface area contributed by atoms with E-state index in [0.717, 1.165) is 5.56 Å². The minimum absolute atomic E-state index is 0.0364. The van der Waals surface area contributed by atoms with Crippen LogP contribution in [0.2, 0.25) is 0 Å². The SMILES string of the molecule is Cc1cnn(CC(C)C#N)c1. The molecule has 1 unspecified atom stereocenters. The highest BCUT2D eigenvalue weighted by Crippen LogP contribution is 1.99. The van der Waals surface area contributed by atoms with Crippen LogP contribution in [0.4, 0.5) is 0 Å². The van der Waals surface area contributed by atoms with Crippen LogP contribution in [0.25, 0.3) is 0 Å². The minimum Gasteiger partial charge on any atom is -0.271 e. The van der Waals surface area contributed by atoms with Gasteiger partial charge in [0.2, 0.25) is 0 Å². The second-order valence-corrected chi connectivity index (χ2v) is 2.77. The Morgan fingerprint density at radius 2 is 2.55 bits per heavy atom. The number of hydrogen-bond acceptors (Lipinski definition) is 2. The quantitative estimate of drug-likeness (QED) is 0.637. The average Bonchev–Trinajstić information content (AvgIpc) is 2.35. The Morgan fingerprint density at radius 1 is 1.82 bits per heavy atom. The Labute approximate surface area is 66.3 Å². The lowest BCUT2D eigenvalue weighted by Gasteiger charge is -2.00. The van der Waals surface area contributed by atoms with Gasteiger partial charge in [-0.3, -0.25) is 4.68 Å². The number of rotatable bonds is 2. The zero-order valence-corrected chi connectivity index (χ0v) is 6.78. The molecule has 0 radical (unpaired) electrons. The van der Waals surface area contributed by atoms with Crippen LogP contribution in [0.1, 0.15) is 12.5 Å². The Bertz CT molecular complexity index is 269. The van der Waals surface area contributed by atoms with Gasteiger partial charge in [-0.2, -0.15) is 10.4 Å². The van der Waals surface area contributed by atoms with E-state index in [0.29, 0.717) is 6.54 Å². The predicted molar refractivity (Wildman–Crippen MR) is 41.7 cm³/mol. The maximum absolute atomic E-state index is 8.51. The van der Waals surface area contributed by atoms with E-state index >= 15 is 0 Å². The summed E-state index contributed by atoms with van der Waals surface area (Å²) >= 11 is 0. The molecule has 0 amide bonds. The summed E-state index contributed by atoms with van der Waals surface area (Å²) in [4.78, 5) is 0. The lowest BCUT2D eigenvalue weighted by Crippen LogP contribution is -2.05. The monoisotopic (exact) mass is 149 g/mol. The highest BCUT2D eigenvalue weighted by Gasteiger charge is 2.00. The van der Waals surface area contributed by atoms with Gasteiger partial charge in [0.1, 0.15) is 0 Å². The van der Waals surface area contributed by atoms with Crippen molar-refractivity contribution in [3.63, 3.8) is 0 Å². The van der Waals surface area contributed by atoms with Gasteiger partial charge in [0.25, 0.3) is 0 Å². The van der Waals surface area contributed by atoms with Crippen LogP contribution < -0.4 is 0 Å². The van der Waals surface area contributed by atoms with E-state index in [1.54, 1.807) is 10.9 Å². The normalized spacial score (nSPS) is 12.5. The van der Waals surface area contributed by atoms with Gasteiger partial charge in [-0.25, -0.2) is 0 Å². The summed E-state index contributed by atoms with van der Waals surface area (Å²) in [5, 5.41) is 12.6. The first-order valence-corrected chi connectivity index (χ1v) is 3.61. The van der Waals surface area contributed by atoms with E-state index in [4.69, 9.17) is 5.26 Å². The van der Waals surface area contributed by atoms with Crippen molar-refractivity contribution in [3.8, 4) is 6.07 Å². The molecule has 3 heteroatoms. The average molecular weight is 149 g/mol. The lowest BCUT2D eigenvalue weighted by atomic mass is 10.2. The molecule has 58 valence electrons. The van der Waals surface area contributed by atoms with Crippen LogP contribution >= 0.6 is 0 Å². The molecule has 3 nitrogen and oxygen atoms in total. The Hall–Kier alpha value is -1.30. The second kappa shape index (κ2) is 3.20. The van der Waals surface area contributed by atoms with Crippen molar-refractivity contribution < 1.29 is 0 Å². The molecule has 1 aromatic rings. The van der Waals surface area contributed by atoms with Crippen LogP contribution in [0.3, 0.4) is 0 Å². The molecule has 11 heavy (non-hydrogen) atoms. The van der Waals surface area contributed by atoms with Gasteiger partial charge in [-0.1, -0.05) is 0 Å². The molecule has 0 bridgehead atoms. The van der Waals surface area contributed by atoms with Crippen molar-refractivity contribution in [2.75, 3.05) is 0 Å². The van der Waals surface area contributed by atoms with Crippen molar-refractivity contribution in [2.45, 2.75) is 20.4 Å². The third-order valence-electron chi connectivity index (χ3n) is 1.44. The van der Waals surface area contributed by atoms with E-state index < -0.39 is 0 Å². The maximum atomic E-state index is 8.51. The third kappa shape index (κ3) is 2.08. The van der Waals surface area contributed by atoms with Gasteiger partial charge in [0, 0.05) is 6.20 Å². The molecule has 0 aliphatic rings. The molecule has 1 rings (SSSR count). The molecule has 1 atom stereocenters. The van der Waals surface area contributed by atoms with Gasteiger partial charge in [-0.05, 0) is 19.4 Å². The zero-order valence-electron chi connectivity index (χ0n) is 6.78. The fraction of sp³-hybridized carbons (Fsp3) is 0.500. The highest BCUT2D eigenvalue weighted by atomic mass is 15.3. The number of nitriles is 1. The number of nitrogens with zero attached hydrogens (tertiary/aromatic N) is 3. The molecule has 0 saturated carbocycles. The van der Waals surface area contributed by atoms with Crippen LogP contribution in [0, 0.1) is 24.2 Å². The zero-order chi connectivity index (χ0) is 8.27. The third-order valence-corrected chi connectivity index (χ3v) is 1.44. The largest absolute Gasteiger partial charge is 0.271 e. The fourth-order valence-corrected chi connectivity index (χ4v) is 0.888. The van der Waals surface area contributed by atoms with Crippen LogP contribution in [-0.2, 0) is 6.54 Å². The van der Waals surface area contributed by atoms with Gasteiger partial charge in [-0.15, -0.1) is 0 Å². The summed E-state index contributed by atoms with van der Waals surface area (Å²) in [5.41, 5.74) is 1.13. The number of aryl methyl sites for hydroxylation is 1. The molecule has 0 aliphatic carbocycles. The number of hydrogen-bond donors (Lipinski definition) is 0. The maximum Gasteiger partial charge on any atom is 0.0672 e. The van der Waals surface area contributed by atoms with Crippen LogP contribution in [0.15, 0.2) is 12.4 Å². The van der Waals surface area contributed by atoms with Gasteiger partial charge in [0.05, 0.1) is 24.7 Å². The first-order valence-electron chi connectivity index (χ1n) is 3.61. The van der Waals surface area contributed by atoms with Crippen molar-refractivity contribution >= 4 is 0 Å². The smallest absolute Gasteiger partial charge is 0.0672 e. The van der Waals surface area contributed by atoms with E-state index in [-0.39, 0.29) is 5.92 Å². The fourth-order valence-electron chi connectivity index (χ4n) is 0.888. The van der Waals surface area contributed by atoms with Crippen molar-refractivity contribution in [1.82, 2.24) is 9.78 Å². The standard InChI is InChI=1S/C8H11N3/c1-7(3-9)5-11-6-8(2)4-10-11/h4,6-7H,5H2,1-2H3.